The van der Waals surface area contributed by atoms with Crippen LogP contribution in [0.5, 0.6) is 0 Å². The van der Waals surface area contributed by atoms with Gasteiger partial charge >= 0.3 is 0 Å². The highest BCUT2D eigenvalue weighted by Crippen LogP contribution is 2.61. The van der Waals surface area contributed by atoms with E-state index in [9.17, 15) is 9.59 Å². The van der Waals surface area contributed by atoms with E-state index < -0.39 is 5.56 Å². The molecule has 32 heavy (non-hydrogen) atoms. The predicted octanol–water partition coefficient (Wildman–Crippen LogP) is 3.80. The Hall–Kier alpha value is -3.16. The van der Waals surface area contributed by atoms with Crippen LogP contribution in [0.25, 0.3) is 22.8 Å². The second-order valence-corrected chi connectivity index (χ2v) is 9.89. The third kappa shape index (κ3) is 3.12. The van der Waals surface area contributed by atoms with Crippen LogP contribution in [0, 0.1) is 24.2 Å². The molecule has 1 amide bonds. The average Bonchev–Trinajstić information content (AvgIpc) is 3.51. The second-order valence-electron chi connectivity index (χ2n) is 9.89. The van der Waals surface area contributed by atoms with E-state index in [1.807, 2.05) is 0 Å². The van der Waals surface area contributed by atoms with Crippen molar-refractivity contribution in [3.8, 4) is 22.8 Å². The molecule has 0 spiro atoms. The number of nitrogens with one attached hydrogen (secondary N) is 1. The average molecular weight is 437 g/mol. The fraction of sp³-hybridized carbons (Fsp3) is 0.500. The Morgan fingerprint density at radius 3 is 2.62 bits per heavy atom. The number of carbonyl (C=O) groups is 1. The maximum atomic E-state index is 13.1. The van der Waals surface area contributed by atoms with Crippen LogP contribution in [0.15, 0.2) is 44.3 Å². The first-order valence-electron chi connectivity index (χ1n) is 11.1. The van der Waals surface area contributed by atoms with Crippen LogP contribution >= 0.6 is 0 Å². The first-order chi connectivity index (χ1) is 15.2. The van der Waals surface area contributed by atoms with E-state index in [1.54, 1.807) is 25.1 Å². The first-order valence-corrected chi connectivity index (χ1v) is 11.1. The lowest BCUT2D eigenvalue weighted by molar-refractivity contribution is -0.126. The minimum atomic E-state index is -0.392. The minimum Gasteiger partial charge on any atom is -0.463 e. The van der Waals surface area contributed by atoms with E-state index in [1.165, 1.54) is 23.4 Å². The summed E-state index contributed by atoms with van der Waals surface area (Å²) in [7, 11) is 0. The molecule has 2 fully saturated rings. The van der Waals surface area contributed by atoms with E-state index >= 15 is 0 Å². The molecule has 8 heteroatoms. The van der Waals surface area contributed by atoms with Crippen molar-refractivity contribution in [3.05, 3.63) is 46.6 Å². The summed E-state index contributed by atoms with van der Waals surface area (Å²) in [5.41, 5.74) is 0.913. The van der Waals surface area contributed by atoms with E-state index in [-0.39, 0.29) is 23.4 Å². The monoisotopic (exact) mass is 436 g/mol. The summed E-state index contributed by atoms with van der Waals surface area (Å²) in [5.74, 6) is 1.77. The molecule has 0 aromatic carbocycles. The van der Waals surface area contributed by atoms with Gasteiger partial charge in [-0.3, -0.25) is 9.59 Å². The third-order valence-corrected chi connectivity index (χ3v) is 7.95. The molecule has 8 nitrogen and oxygen atoms in total. The van der Waals surface area contributed by atoms with Gasteiger partial charge in [-0.05, 0) is 62.5 Å². The van der Waals surface area contributed by atoms with Crippen LogP contribution in [0.1, 0.15) is 45.7 Å². The van der Waals surface area contributed by atoms with Crippen LogP contribution in [0.4, 0.5) is 0 Å². The first kappa shape index (κ1) is 20.7. The molecule has 168 valence electrons. The Bertz CT molecular complexity index is 1220. The smallest absolute Gasteiger partial charge is 0.268 e. The number of rotatable bonds is 5. The SMILES string of the molecule is Cc1cc(-c2cc(=O)n(CC(=O)N[C@@]3(C)[C@H]4CC[C@@H](C4)C3(C)C)nc2-c2ccco2)on1. The van der Waals surface area contributed by atoms with Gasteiger partial charge in [0.15, 0.2) is 11.5 Å². The zero-order valence-electron chi connectivity index (χ0n) is 18.8. The van der Waals surface area contributed by atoms with Crippen LogP contribution in [-0.2, 0) is 11.3 Å². The van der Waals surface area contributed by atoms with Gasteiger partial charge in [0.1, 0.15) is 12.2 Å². The van der Waals surface area contributed by atoms with Crippen LogP contribution in [0.2, 0.25) is 0 Å². The van der Waals surface area contributed by atoms with Crippen LogP contribution in [0.3, 0.4) is 0 Å². The van der Waals surface area contributed by atoms with E-state index in [0.29, 0.717) is 40.3 Å². The molecule has 3 atom stereocenters. The summed E-state index contributed by atoms with van der Waals surface area (Å²) in [5, 5.41) is 11.7. The molecule has 1 N–H and O–H groups in total. The number of aryl methyl sites for hydroxylation is 1. The Morgan fingerprint density at radius 1 is 1.22 bits per heavy atom. The molecule has 0 unspecified atom stereocenters. The molecule has 5 rings (SSSR count). The predicted molar refractivity (Wildman–Crippen MR) is 118 cm³/mol. The molecule has 2 aliphatic rings. The number of carbonyl (C=O) groups excluding carboxylic acids is 1. The van der Waals surface area contributed by atoms with Gasteiger partial charge in [-0.2, -0.15) is 5.10 Å². The third-order valence-electron chi connectivity index (χ3n) is 7.95. The summed E-state index contributed by atoms with van der Waals surface area (Å²) in [4.78, 5) is 26.0. The summed E-state index contributed by atoms with van der Waals surface area (Å²) in [6.07, 6.45) is 5.04. The van der Waals surface area contributed by atoms with Gasteiger partial charge in [0.2, 0.25) is 5.91 Å². The van der Waals surface area contributed by atoms with Gasteiger partial charge in [-0.15, -0.1) is 0 Å². The second kappa shape index (κ2) is 7.18. The van der Waals surface area contributed by atoms with Crippen molar-refractivity contribution in [2.24, 2.45) is 17.3 Å². The topological polar surface area (TPSA) is 103 Å². The number of nitrogens with zero attached hydrogens (tertiary/aromatic N) is 3. The zero-order valence-corrected chi connectivity index (χ0v) is 18.8. The van der Waals surface area contributed by atoms with Crippen molar-refractivity contribution in [2.75, 3.05) is 0 Å². The van der Waals surface area contributed by atoms with Gasteiger partial charge in [-0.25, -0.2) is 4.68 Å². The van der Waals surface area contributed by atoms with Gasteiger partial charge in [0.05, 0.1) is 17.5 Å². The number of hydrogen-bond acceptors (Lipinski definition) is 6. The summed E-state index contributed by atoms with van der Waals surface area (Å²) in [6.45, 7) is 8.27. The lowest BCUT2D eigenvalue weighted by atomic mass is 9.64. The number of furan rings is 1. The highest BCUT2D eigenvalue weighted by molar-refractivity contribution is 5.78. The minimum absolute atomic E-state index is 0.0112. The largest absolute Gasteiger partial charge is 0.463 e. The van der Waals surface area contributed by atoms with Crippen molar-refractivity contribution in [1.82, 2.24) is 20.3 Å². The molecule has 3 heterocycles. The summed E-state index contributed by atoms with van der Waals surface area (Å²) >= 11 is 0. The van der Waals surface area contributed by atoms with Gasteiger partial charge in [-0.1, -0.05) is 19.0 Å². The fourth-order valence-electron chi connectivity index (χ4n) is 5.72. The lowest BCUT2D eigenvalue weighted by Gasteiger charge is -2.48. The Kier molecular flexibility index (Phi) is 4.65. The Balaban J connectivity index is 1.46. The van der Waals surface area contributed by atoms with Crippen molar-refractivity contribution in [1.29, 1.82) is 0 Å². The molecule has 0 aliphatic heterocycles. The Morgan fingerprint density at radius 2 is 2.00 bits per heavy atom. The molecular formula is C24H28N4O4. The molecule has 2 aliphatic carbocycles. The molecule has 0 radical (unpaired) electrons. The number of amides is 1. The standard InChI is InChI=1S/C24H28N4O4/c1-14-10-19(32-27-14)17-12-21(30)28(26-22(17)18-6-5-9-31-18)13-20(29)25-24(4)16-8-7-15(11-16)23(24,2)3/h5-6,9-10,12,15-16H,7-8,11,13H2,1-4H3,(H,25,29)/t15-,16-,24-/m0/s1. The zero-order chi connectivity index (χ0) is 22.7. The normalized spacial score (nSPS) is 25.9. The molecule has 2 bridgehead atoms. The molecule has 3 aromatic rings. The number of hydrogen-bond donors (Lipinski definition) is 1. The van der Waals surface area contributed by atoms with Crippen LogP contribution < -0.4 is 10.9 Å². The van der Waals surface area contributed by atoms with E-state index in [2.05, 4.69) is 36.3 Å². The number of fused-ring (bicyclic) bond motifs is 2. The van der Waals surface area contributed by atoms with Gasteiger partial charge in [0.25, 0.3) is 5.56 Å². The van der Waals surface area contributed by atoms with Crippen molar-refractivity contribution in [3.63, 3.8) is 0 Å². The van der Waals surface area contributed by atoms with Crippen molar-refractivity contribution >= 4 is 5.91 Å². The Labute approximate surface area is 186 Å². The molecular weight excluding hydrogens is 408 g/mol. The molecule has 3 aromatic heterocycles. The van der Waals surface area contributed by atoms with E-state index in [4.69, 9.17) is 8.94 Å². The quantitative estimate of drug-likeness (QED) is 0.653. The van der Waals surface area contributed by atoms with Gasteiger partial charge < -0.3 is 14.3 Å². The maximum Gasteiger partial charge on any atom is 0.268 e. The molecule has 2 saturated carbocycles. The highest BCUT2D eigenvalue weighted by atomic mass is 16.5. The highest BCUT2D eigenvalue weighted by Gasteiger charge is 2.60. The molecule has 0 saturated heterocycles. The number of aromatic nitrogens is 3. The lowest BCUT2D eigenvalue weighted by Crippen LogP contribution is -2.60. The summed E-state index contributed by atoms with van der Waals surface area (Å²) in [6, 6.07) is 6.65. The van der Waals surface area contributed by atoms with Gasteiger partial charge in [0, 0.05) is 17.7 Å². The summed E-state index contributed by atoms with van der Waals surface area (Å²) < 4.78 is 12.1. The fourth-order valence-corrected chi connectivity index (χ4v) is 5.72. The van der Waals surface area contributed by atoms with E-state index in [0.717, 1.165) is 12.8 Å². The van der Waals surface area contributed by atoms with Crippen molar-refractivity contribution < 1.29 is 13.7 Å². The van der Waals surface area contributed by atoms with Crippen molar-refractivity contribution in [2.45, 2.75) is 59.0 Å². The van der Waals surface area contributed by atoms with Crippen LogP contribution in [-0.4, -0.2) is 26.4 Å². The maximum absolute atomic E-state index is 13.1.